The van der Waals surface area contributed by atoms with Gasteiger partial charge in [-0.15, -0.1) is 0 Å². The molecule has 2 rings (SSSR count). The van der Waals surface area contributed by atoms with Crippen molar-refractivity contribution in [2.45, 2.75) is 32.2 Å². The second kappa shape index (κ2) is 2.46. The lowest BCUT2D eigenvalue weighted by Crippen LogP contribution is -2.59. The van der Waals surface area contributed by atoms with E-state index in [-0.39, 0.29) is 0 Å². The molecule has 2 fully saturated rings. The highest BCUT2D eigenvalue weighted by Gasteiger charge is 2.50. The largest absolute Gasteiger partial charge is 0.380 e. The topological polar surface area (TPSA) is 35.2 Å². The molecule has 2 aliphatic rings. The van der Waals surface area contributed by atoms with Crippen molar-refractivity contribution < 1.29 is 4.74 Å². The molecule has 0 radical (unpaired) electrons. The molecule has 1 heterocycles. The monoisotopic (exact) mass is 155 g/mol. The van der Waals surface area contributed by atoms with Crippen molar-refractivity contribution in [3.63, 3.8) is 0 Å². The predicted octanol–water partition coefficient (Wildman–Crippen LogP) is 1.15. The van der Waals surface area contributed by atoms with Crippen LogP contribution in [0.25, 0.3) is 0 Å². The summed E-state index contributed by atoms with van der Waals surface area (Å²) in [5.41, 5.74) is 6.34. The minimum atomic E-state index is 0.321. The van der Waals surface area contributed by atoms with Crippen LogP contribution in [0.2, 0.25) is 0 Å². The van der Waals surface area contributed by atoms with E-state index in [1.807, 2.05) is 0 Å². The Morgan fingerprint density at radius 1 is 1.45 bits per heavy atom. The zero-order valence-corrected chi connectivity index (χ0v) is 7.18. The fourth-order valence-corrected chi connectivity index (χ4v) is 2.19. The smallest absolute Gasteiger partial charge is 0.0562 e. The van der Waals surface area contributed by atoms with Crippen LogP contribution < -0.4 is 5.73 Å². The Morgan fingerprint density at radius 2 is 2.09 bits per heavy atom. The highest BCUT2D eigenvalue weighted by molar-refractivity contribution is 5.00. The second-order valence-corrected chi connectivity index (χ2v) is 4.14. The van der Waals surface area contributed by atoms with Crippen LogP contribution in [-0.2, 0) is 4.74 Å². The van der Waals surface area contributed by atoms with Gasteiger partial charge in [-0.1, -0.05) is 6.42 Å². The highest BCUT2D eigenvalue weighted by atomic mass is 16.5. The van der Waals surface area contributed by atoms with Gasteiger partial charge in [0, 0.05) is 11.5 Å². The third-order valence-corrected chi connectivity index (χ3v) is 3.57. The summed E-state index contributed by atoms with van der Waals surface area (Å²) < 4.78 is 5.28. The van der Waals surface area contributed by atoms with E-state index in [1.54, 1.807) is 0 Å². The summed E-state index contributed by atoms with van der Waals surface area (Å²) in [6.07, 6.45) is 4.16. The Bertz CT molecular complexity index is 148. The molecule has 2 N–H and O–H groups in total. The Balaban J connectivity index is 2.03. The van der Waals surface area contributed by atoms with Crippen molar-refractivity contribution in [2.75, 3.05) is 13.2 Å². The van der Waals surface area contributed by atoms with Gasteiger partial charge in [0.15, 0.2) is 0 Å². The average Bonchev–Trinajstić information content (AvgIpc) is 1.71. The van der Waals surface area contributed by atoms with Gasteiger partial charge >= 0.3 is 0 Å². The molecule has 2 heteroatoms. The molecule has 1 saturated heterocycles. The molecule has 0 spiro atoms. The molecule has 1 aliphatic heterocycles. The van der Waals surface area contributed by atoms with Crippen LogP contribution in [0.3, 0.4) is 0 Å². The van der Waals surface area contributed by atoms with E-state index >= 15 is 0 Å². The fraction of sp³-hybridized carbons (Fsp3) is 1.00. The van der Waals surface area contributed by atoms with Crippen molar-refractivity contribution in [1.29, 1.82) is 0 Å². The van der Waals surface area contributed by atoms with Crippen molar-refractivity contribution in [1.82, 2.24) is 0 Å². The van der Waals surface area contributed by atoms with Crippen LogP contribution in [0.15, 0.2) is 0 Å². The molecule has 0 bridgehead atoms. The maximum atomic E-state index is 5.96. The van der Waals surface area contributed by atoms with Gasteiger partial charge in [0.05, 0.1) is 13.2 Å². The third kappa shape index (κ3) is 0.926. The molecular formula is C9H17NO. The SMILES string of the molecule is CC(N)C1(C2CCC2)COC1. The predicted molar refractivity (Wildman–Crippen MR) is 44.2 cm³/mol. The summed E-state index contributed by atoms with van der Waals surface area (Å²) in [7, 11) is 0. The summed E-state index contributed by atoms with van der Waals surface area (Å²) in [6, 6.07) is 0.321. The van der Waals surface area contributed by atoms with E-state index in [0.29, 0.717) is 11.5 Å². The van der Waals surface area contributed by atoms with Gasteiger partial charge < -0.3 is 10.5 Å². The van der Waals surface area contributed by atoms with E-state index in [2.05, 4.69) is 6.92 Å². The Labute approximate surface area is 68.1 Å². The van der Waals surface area contributed by atoms with Gasteiger partial charge in [-0.25, -0.2) is 0 Å². The number of hydrogen-bond acceptors (Lipinski definition) is 2. The zero-order chi connectivity index (χ0) is 7.90. The summed E-state index contributed by atoms with van der Waals surface area (Å²) in [6.45, 7) is 3.95. The summed E-state index contributed by atoms with van der Waals surface area (Å²) in [5.74, 6) is 0.872. The van der Waals surface area contributed by atoms with Gasteiger partial charge in [-0.2, -0.15) is 0 Å². The van der Waals surface area contributed by atoms with Crippen LogP contribution in [0.1, 0.15) is 26.2 Å². The lowest BCUT2D eigenvalue weighted by atomic mass is 9.61. The molecule has 64 valence electrons. The van der Waals surface area contributed by atoms with Gasteiger partial charge in [0.1, 0.15) is 0 Å². The van der Waals surface area contributed by atoms with Crippen LogP contribution in [0, 0.1) is 11.3 Å². The molecule has 0 aromatic heterocycles. The number of hydrogen-bond donors (Lipinski definition) is 1. The molecule has 0 amide bonds. The van der Waals surface area contributed by atoms with Crippen LogP contribution in [0.4, 0.5) is 0 Å². The quantitative estimate of drug-likeness (QED) is 0.649. The standard InChI is InChI=1S/C9H17NO/c1-7(10)9(5-11-6-9)8-3-2-4-8/h7-8H,2-6,10H2,1H3. The van der Waals surface area contributed by atoms with Crippen LogP contribution in [-0.4, -0.2) is 19.3 Å². The van der Waals surface area contributed by atoms with E-state index in [4.69, 9.17) is 10.5 Å². The molecule has 1 aliphatic carbocycles. The minimum Gasteiger partial charge on any atom is -0.380 e. The first-order valence-corrected chi connectivity index (χ1v) is 4.59. The molecule has 11 heavy (non-hydrogen) atoms. The van der Waals surface area contributed by atoms with E-state index in [9.17, 15) is 0 Å². The van der Waals surface area contributed by atoms with Crippen LogP contribution >= 0.6 is 0 Å². The Hall–Kier alpha value is -0.0800. The molecule has 0 aromatic rings. The number of rotatable bonds is 2. The molecular weight excluding hydrogens is 138 g/mol. The molecule has 2 nitrogen and oxygen atoms in total. The Kier molecular flexibility index (Phi) is 1.69. The van der Waals surface area contributed by atoms with E-state index in [0.717, 1.165) is 19.1 Å². The minimum absolute atomic E-state index is 0.321. The fourth-order valence-electron chi connectivity index (χ4n) is 2.19. The summed E-state index contributed by atoms with van der Waals surface area (Å²) in [5, 5.41) is 0. The lowest BCUT2D eigenvalue weighted by Gasteiger charge is -2.53. The van der Waals surface area contributed by atoms with E-state index in [1.165, 1.54) is 19.3 Å². The maximum Gasteiger partial charge on any atom is 0.0562 e. The molecule has 1 atom stereocenters. The lowest BCUT2D eigenvalue weighted by molar-refractivity contribution is -0.172. The van der Waals surface area contributed by atoms with Crippen molar-refractivity contribution in [2.24, 2.45) is 17.1 Å². The van der Waals surface area contributed by atoms with Gasteiger partial charge in [-0.05, 0) is 25.7 Å². The number of nitrogens with two attached hydrogens (primary N) is 1. The van der Waals surface area contributed by atoms with Gasteiger partial charge in [0.2, 0.25) is 0 Å². The number of ether oxygens (including phenoxy) is 1. The van der Waals surface area contributed by atoms with E-state index < -0.39 is 0 Å². The third-order valence-electron chi connectivity index (χ3n) is 3.57. The summed E-state index contributed by atoms with van der Waals surface area (Å²) in [4.78, 5) is 0. The first-order valence-electron chi connectivity index (χ1n) is 4.59. The first-order chi connectivity index (χ1) is 5.26. The van der Waals surface area contributed by atoms with Gasteiger partial charge in [-0.3, -0.25) is 0 Å². The van der Waals surface area contributed by atoms with Crippen LogP contribution in [0.5, 0.6) is 0 Å². The second-order valence-electron chi connectivity index (χ2n) is 4.14. The average molecular weight is 155 g/mol. The van der Waals surface area contributed by atoms with Crippen molar-refractivity contribution >= 4 is 0 Å². The highest BCUT2D eigenvalue weighted by Crippen LogP contribution is 2.48. The van der Waals surface area contributed by atoms with Crippen molar-refractivity contribution in [3.8, 4) is 0 Å². The van der Waals surface area contributed by atoms with Crippen molar-refractivity contribution in [3.05, 3.63) is 0 Å². The molecule has 1 saturated carbocycles. The normalized spacial score (nSPS) is 32.2. The first kappa shape index (κ1) is 7.56. The molecule has 1 unspecified atom stereocenters. The maximum absolute atomic E-state index is 5.96. The van der Waals surface area contributed by atoms with Gasteiger partial charge in [0.25, 0.3) is 0 Å². The summed E-state index contributed by atoms with van der Waals surface area (Å²) >= 11 is 0. The Morgan fingerprint density at radius 3 is 2.18 bits per heavy atom. The zero-order valence-electron chi connectivity index (χ0n) is 7.18. The molecule has 0 aromatic carbocycles.